The van der Waals surface area contributed by atoms with Crippen molar-refractivity contribution in [3.8, 4) is 0 Å². The lowest BCUT2D eigenvalue weighted by molar-refractivity contribution is -0.121. The van der Waals surface area contributed by atoms with Crippen molar-refractivity contribution in [3.63, 3.8) is 0 Å². The normalized spacial score (nSPS) is 19.8. The van der Waals surface area contributed by atoms with Crippen LogP contribution in [0.2, 0.25) is 0 Å². The lowest BCUT2D eigenvalue weighted by atomic mass is 10.1. The second kappa shape index (κ2) is 5.87. The van der Waals surface area contributed by atoms with E-state index in [4.69, 9.17) is 0 Å². The van der Waals surface area contributed by atoms with Crippen LogP contribution in [0.1, 0.15) is 12.5 Å². The Bertz CT molecular complexity index is 419. The molecule has 0 spiro atoms. The number of carbonyl (C=O) groups excluding carboxylic acids is 1. The third kappa shape index (κ3) is 2.82. The van der Waals surface area contributed by atoms with Crippen molar-refractivity contribution in [2.45, 2.75) is 19.4 Å². The molecule has 1 aliphatic rings. The van der Waals surface area contributed by atoms with Crippen LogP contribution in [0.3, 0.4) is 0 Å². The van der Waals surface area contributed by atoms with Crippen LogP contribution in [0.15, 0.2) is 24.3 Å². The average molecular weight is 247 g/mol. The fourth-order valence-corrected chi connectivity index (χ4v) is 2.49. The number of nitrogens with one attached hydrogen (secondary N) is 2. The van der Waals surface area contributed by atoms with Crippen molar-refractivity contribution < 1.29 is 4.79 Å². The summed E-state index contributed by atoms with van der Waals surface area (Å²) in [4.78, 5) is 13.9. The maximum Gasteiger partial charge on any atom is 0.239 e. The van der Waals surface area contributed by atoms with Gasteiger partial charge in [0.05, 0.1) is 12.6 Å². The van der Waals surface area contributed by atoms with E-state index >= 15 is 0 Å². The molecule has 2 N–H and O–H groups in total. The van der Waals surface area contributed by atoms with Gasteiger partial charge in [0.15, 0.2) is 0 Å². The van der Waals surface area contributed by atoms with Gasteiger partial charge in [-0.1, -0.05) is 25.1 Å². The molecule has 1 fully saturated rings. The van der Waals surface area contributed by atoms with Gasteiger partial charge >= 0.3 is 0 Å². The Morgan fingerprint density at radius 1 is 1.44 bits per heavy atom. The predicted molar refractivity (Wildman–Crippen MR) is 73.9 cm³/mol. The van der Waals surface area contributed by atoms with Gasteiger partial charge in [-0.2, -0.15) is 0 Å². The molecule has 98 valence electrons. The summed E-state index contributed by atoms with van der Waals surface area (Å²) < 4.78 is 0. The molecule has 1 unspecified atom stereocenters. The first-order chi connectivity index (χ1) is 8.74. The standard InChI is InChI=1S/C14H21N3O/c1-3-11-6-4-5-7-13(11)17-9-12(8-15-2)16-14(18)10-17/h4-7,12,15H,3,8-10H2,1-2H3,(H,16,18). The molecule has 0 radical (unpaired) electrons. The van der Waals surface area contributed by atoms with Gasteiger partial charge in [-0.3, -0.25) is 4.79 Å². The SMILES string of the molecule is CCc1ccccc1N1CC(=O)NC(CNC)C1. The number of anilines is 1. The lowest BCUT2D eigenvalue weighted by Crippen LogP contribution is -2.57. The van der Waals surface area contributed by atoms with Crippen molar-refractivity contribution in [1.29, 1.82) is 0 Å². The highest BCUT2D eigenvalue weighted by atomic mass is 16.2. The number of aryl methyl sites for hydroxylation is 1. The molecule has 4 nitrogen and oxygen atoms in total. The van der Waals surface area contributed by atoms with Gasteiger partial charge in [0.1, 0.15) is 0 Å². The van der Waals surface area contributed by atoms with Crippen LogP contribution in [-0.2, 0) is 11.2 Å². The molecule has 4 heteroatoms. The van der Waals surface area contributed by atoms with Crippen molar-refractivity contribution >= 4 is 11.6 Å². The third-order valence-corrected chi connectivity index (χ3v) is 3.30. The second-order valence-corrected chi connectivity index (χ2v) is 4.68. The summed E-state index contributed by atoms with van der Waals surface area (Å²) in [6.07, 6.45) is 0.991. The molecule has 0 aliphatic carbocycles. The number of hydrogen-bond donors (Lipinski definition) is 2. The molecular weight excluding hydrogens is 226 g/mol. The van der Waals surface area contributed by atoms with Gasteiger partial charge in [-0.15, -0.1) is 0 Å². The summed E-state index contributed by atoms with van der Waals surface area (Å²) in [5.41, 5.74) is 2.49. The van der Waals surface area contributed by atoms with Crippen molar-refractivity contribution in [1.82, 2.24) is 10.6 Å². The van der Waals surface area contributed by atoms with Crippen LogP contribution in [-0.4, -0.2) is 38.6 Å². The zero-order chi connectivity index (χ0) is 13.0. The van der Waals surface area contributed by atoms with E-state index in [-0.39, 0.29) is 11.9 Å². The average Bonchev–Trinajstić information content (AvgIpc) is 2.38. The van der Waals surface area contributed by atoms with E-state index in [2.05, 4.69) is 40.7 Å². The molecule has 1 atom stereocenters. The smallest absolute Gasteiger partial charge is 0.239 e. The molecule has 18 heavy (non-hydrogen) atoms. The van der Waals surface area contributed by atoms with Gasteiger partial charge in [0.25, 0.3) is 0 Å². The summed E-state index contributed by atoms with van der Waals surface area (Å²) >= 11 is 0. The highest BCUT2D eigenvalue weighted by Gasteiger charge is 2.25. The largest absolute Gasteiger partial charge is 0.360 e. The monoisotopic (exact) mass is 247 g/mol. The molecule has 2 rings (SSSR count). The first-order valence-corrected chi connectivity index (χ1v) is 6.51. The van der Waals surface area contributed by atoms with Gasteiger partial charge in [0, 0.05) is 18.8 Å². The molecule has 1 heterocycles. The summed E-state index contributed by atoms with van der Waals surface area (Å²) in [5.74, 6) is 0.104. The van der Waals surface area contributed by atoms with E-state index in [1.54, 1.807) is 0 Å². The minimum atomic E-state index is 0.104. The van der Waals surface area contributed by atoms with E-state index in [0.717, 1.165) is 19.5 Å². The number of nitrogens with zero attached hydrogens (tertiary/aromatic N) is 1. The number of piperazine rings is 1. The fraction of sp³-hybridized carbons (Fsp3) is 0.500. The molecule has 1 aromatic carbocycles. The Morgan fingerprint density at radius 2 is 2.22 bits per heavy atom. The van der Waals surface area contributed by atoms with Gasteiger partial charge in [-0.05, 0) is 25.1 Å². The topological polar surface area (TPSA) is 44.4 Å². The zero-order valence-corrected chi connectivity index (χ0v) is 11.1. The van der Waals surface area contributed by atoms with Gasteiger partial charge < -0.3 is 15.5 Å². The van der Waals surface area contributed by atoms with E-state index in [1.165, 1.54) is 11.3 Å². The van der Waals surface area contributed by atoms with Crippen molar-refractivity contribution in [2.75, 3.05) is 31.6 Å². The van der Waals surface area contributed by atoms with Gasteiger partial charge in [-0.25, -0.2) is 0 Å². The summed E-state index contributed by atoms with van der Waals surface area (Å²) in [7, 11) is 1.91. The summed E-state index contributed by atoms with van der Waals surface area (Å²) in [5, 5.41) is 6.13. The van der Waals surface area contributed by atoms with E-state index in [0.29, 0.717) is 6.54 Å². The number of para-hydroxylation sites is 1. The molecule has 0 aromatic heterocycles. The molecule has 0 saturated carbocycles. The lowest BCUT2D eigenvalue weighted by Gasteiger charge is -2.35. The van der Waals surface area contributed by atoms with Crippen LogP contribution in [0, 0.1) is 0 Å². The highest BCUT2D eigenvalue weighted by molar-refractivity contribution is 5.83. The number of amides is 1. The number of hydrogen-bond acceptors (Lipinski definition) is 3. The van der Waals surface area contributed by atoms with Crippen LogP contribution in [0.25, 0.3) is 0 Å². The summed E-state index contributed by atoms with van der Waals surface area (Å²) in [6.45, 7) is 4.27. The summed E-state index contributed by atoms with van der Waals surface area (Å²) in [6, 6.07) is 8.51. The van der Waals surface area contributed by atoms with Crippen LogP contribution in [0.4, 0.5) is 5.69 Å². The number of likely N-dealkylation sites (N-methyl/N-ethyl adjacent to an activating group) is 1. The van der Waals surface area contributed by atoms with Crippen LogP contribution in [0.5, 0.6) is 0 Å². The Balaban J connectivity index is 2.18. The number of benzene rings is 1. The Kier molecular flexibility index (Phi) is 4.20. The highest BCUT2D eigenvalue weighted by Crippen LogP contribution is 2.22. The zero-order valence-electron chi connectivity index (χ0n) is 11.1. The maximum absolute atomic E-state index is 11.8. The molecule has 0 bridgehead atoms. The number of carbonyl (C=O) groups is 1. The van der Waals surface area contributed by atoms with Crippen molar-refractivity contribution in [2.24, 2.45) is 0 Å². The molecule has 1 saturated heterocycles. The Hall–Kier alpha value is -1.55. The second-order valence-electron chi connectivity index (χ2n) is 4.68. The van der Waals surface area contributed by atoms with Gasteiger partial charge in [0.2, 0.25) is 5.91 Å². The first-order valence-electron chi connectivity index (χ1n) is 6.51. The molecule has 1 aromatic rings. The van der Waals surface area contributed by atoms with Crippen LogP contribution < -0.4 is 15.5 Å². The molecule has 1 amide bonds. The van der Waals surface area contributed by atoms with Crippen molar-refractivity contribution in [3.05, 3.63) is 29.8 Å². The minimum Gasteiger partial charge on any atom is -0.360 e. The molecule has 1 aliphatic heterocycles. The van der Waals surface area contributed by atoms with E-state index < -0.39 is 0 Å². The number of rotatable bonds is 4. The quantitative estimate of drug-likeness (QED) is 0.826. The minimum absolute atomic E-state index is 0.104. The maximum atomic E-state index is 11.8. The van der Waals surface area contributed by atoms with E-state index in [9.17, 15) is 4.79 Å². The third-order valence-electron chi connectivity index (χ3n) is 3.30. The Labute approximate surface area is 108 Å². The van der Waals surface area contributed by atoms with E-state index in [1.807, 2.05) is 13.1 Å². The Morgan fingerprint density at radius 3 is 2.94 bits per heavy atom. The molecular formula is C14H21N3O. The predicted octanol–water partition coefficient (Wildman–Crippen LogP) is 0.773. The van der Waals surface area contributed by atoms with Crippen LogP contribution >= 0.6 is 0 Å². The fourth-order valence-electron chi connectivity index (χ4n) is 2.49. The first kappa shape index (κ1) is 12.9.